The summed E-state index contributed by atoms with van der Waals surface area (Å²) in [5.74, 6) is -0.982. The van der Waals surface area contributed by atoms with Gasteiger partial charge in [0.25, 0.3) is 0 Å². The standard InChI is InChI=1S/C13H18N2O4S/c16-7-8-3-1-2-4-10(8)14-13(19)15-11-9(12(17)18)5-6-20-11/h5-6,8,10,16H,1-4,7H2,(H,17,18)(H2,14,15,19). The van der Waals surface area contributed by atoms with Crippen LogP contribution in [0.2, 0.25) is 0 Å². The molecular weight excluding hydrogens is 280 g/mol. The molecule has 1 aromatic heterocycles. The van der Waals surface area contributed by atoms with E-state index < -0.39 is 12.0 Å². The van der Waals surface area contributed by atoms with E-state index in [9.17, 15) is 14.7 Å². The number of nitrogens with one attached hydrogen (secondary N) is 2. The largest absolute Gasteiger partial charge is 0.478 e. The number of carbonyl (C=O) groups is 2. The molecule has 0 aliphatic heterocycles. The normalized spacial score (nSPS) is 22.2. The fourth-order valence-electron chi connectivity index (χ4n) is 2.50. The Hall–Kier alpha value is -1.60. The van der Waals surface area contributed by atoms with Crippen molar-refractivity contribution in [2.75, 3.05) is 11.9 Å². The number of amides is 2. The Morgan fingerprint density at radius 3 is 2.80 bits per heavy atom. The van der Waals surface area contributed by atoms with Gasteiger partial charge < -0.3 is 15.5 Å². The zero-order valence-electron chi connectivity index (χ0n) is 11.0. The van der Waals surface area contributed by atoms with E-state index in [1.54, 1.807) is 5.38 Å². The molecule has 1 saturated carbocycles. The first kappa shape index (κ1) is 14.8. The predicted octanol–water partition coefficient (Wildman–Crippen LogP) is 2.12. The first-order valence-electron chi connectivity index (χ1n) is 6.61. The molecule has 2 rings (SSSR count). The third-order valence-electron chi connectivity index (χ3n) is 3.58. The molecule has 4 N–H and O–H groups in total. The first-order valence-corrected chi connectivity index (χ1v) is 7.49. The summed E-state index contributed by atoms with van der Waals surface area (Å²) >= 11 is 1.17. The Bertz CT molecular complexity index is 488. The van der Waals surface area contributed by atoms with Crippen molar-refractivity contribution in [3.8, 4) is 0 Å². The molecule has 1 aliphatic carbocycles. The molecule has 0 radical (unpaired) electrons. The minimum atomic E-state index is -1.06. The van der Waals surface area contributed by atoms with Crippen molar-refractivity contribution in [2.45, 2.75) is 31.7 Å². The number of aliphatic hydroxyl groups excluding tert-OH is 1. The number of anilines is 1. The Morgan fingerprint density at radius 1 is 1.35 bits per heavy atom. The molecule has 1 aliphatic rings. The first-order chi connectivity index (χ1) is 9.61. The summed E-state index contributed by atoms with van der Waals surface area (Å²) in [4.78, 5) is 22.9. The van der Waals surface area contributed by atoms with Crippen molar-refractivity contribution in [3.63, 3.8) is 0 Å². The number of hydrogen-bond acceptors (Lipinski definition) is 4. The van der Waals surface area contributed by atoms with Crippen LogP contribution >= 0.6 is 11.3 Å². The van der Waals surface area contributed by atoms with Crippen LogP contribution in [0.3, 0.4) is 0 Å². The van der Waals surface area contributed by atoms with Gasteiger partial charge in [-0.3, -0.25) is 5.32 Å². The number of carboxylic acid groups (broad SMARTS) is 1. The lowest BCUT2D eigenvalue weighted by molar-refractivity contribution is 0.0698. The highest BCUT2D eigenvalue weighted by atomic mass is 32.1. The van der Waals surface area contributed by atoms with Gasteiger partial charge in [0.2, 0.25) is 0 Å². The Kier molecular flexibility index (Phi) is 4.97. The van der Waals surface area contributed by atoms with Gasteiger partial charge in [-0.25, -0.2) is 9.59 Å². The summed E-state index contributed by atoms with van der Waals surface area (Å²) < 4.78 is 0. The van der Waals surface area contributed by atoms with Crippen LogP contribution in [0.1, 0.15) is 36.0 Å². The van der Waals surface area contributed by atoms with Gasteiger partial charge in [0.05, 0.1) is 5.56 Å². The van der Waals surface area contributed by atoms with E-state index in [0.717, 1.165) is 25.7 Å². The molecule has 1 aromatic rings. The van der Waals surface area contributed by atoms with Crippen molar-refractivity contribution < 1.29 is 19.8 Å². The number of urea groups is 1. The average molecular weight is 298 g/mol. The van der Waals surface area contributed by atoms with Gasteiger partial charge in [-0.2, -0.15) is 0 Å². The number of aromatic carboxylic acids is 1. The molecule has 2 amide bonds. The highest BCUT2D eigenvalue weighted by Gasteiger charge is 2.26. The molecule has 20 heavy (non-hydrogen) atoms. The zero-order valence-corrected chi connectivity index (χ0v) is 11.8. The van der Waals surface area contributed by atoms with E-state index >= 15 is 0 Å². The van der Waals surface area contributed by atoms with Crippen LogP contribution in [-0.2, 0) is 0 Å². The Labute approximate surface area is 120 Å². The molecule has 0 aromatic carbocycles. The predicted molar refractivity (Wildman–Crippen MR) is 76.3 cm³/mol. The maximum Gasteiger partial charge on any atom is 0.338 e. The van der Waals surface area contributed by atoms with Gasteiger partial charge in [-0.15, -0.1) is 11.3 Å². The van der Waals surface area contributed by atoms with Gasteiger partial charge in [0.1, 0.15) is 5.00 Å². The van der Waals surface area contributed by atoms with Crippen molar-refractivity contribution in [3.05, 3.63) is 17.0 Å². The highest BCUT2D eigenvalue weighted by Crippen LogP contribution is 2.25. The minimum Gasteiger partial charge on any atom is -0.478 e. The maximum atomic E-state index is 11.9. The second kappa shape index (κ2) is 6.71. The van der Waals surface area contributed by atoms with Crippen LogP contribution in [0, 0.1) is 5.92 Å². The summed E-state index contributed by atoms with van der Waals surface area (Å²) in [5, 5.41) is 25.6. The molecule has 1 fully saturated rings. The summed E-state index contributed by atoms with van der Waals surface area (Å²) in [5.41, 5.74) is 0.0903. The number of hydrogen-bond donors (Lipinski definition) is 4. The molecule has 7 heteroatoms. The molecule has 2 atom stereocenters. The van der Waals surface area contributed by atoms with Crippen LogP contribution < -0.4 is 10.6 Å². The van der Waals surface area contributed by atoms with Crippen molar-refractivity contribution in [2.24, 2.45) is 5.92 Å². The van der Waals surface area contributed by atoms with Gasteiger partial charge in [0, 0.05) is 18.6 Å². The zero-order chi connectivity index (χ0) is 14.5. The monoisotopic (exact) mass is 298 g/mol. The fourth-order valence-corrected chi connectivity index (χ4v) is 3.27. The van der Waals surface area contributed by atoms with Gasteiger partial charge in [-0.1, -0.05) is 12.8 Å². The van der Waals surface area contributed by atoms with E-state index in [1.807, 2.05) is 0 Å². The van der Waals surface area contributed by atoms with E-state index in [-0.39, 0.29) is 24.1 Å². The Morgan fingerprint density at radius 2 is 2.10 bits per heavy atom. The van der Waals surface area contributed by atoms with Crippen LogP contribution in [-0.4, -0.2) is 34.9 Å². The van der Waals surface area contributed by atoms with Gasteiger partial charge in [0.15, 0.2) is 0 Å². The number of aliphatic hydroxyl groups is 1. The van der Waals surface area contributed by atoms with E-state index in [0.29, 0.717) is 5.00 Å². The number of carbonyl (C=O) groups excluding carboxylic acids is 1. The highest BCUT2D eigenvalue weighted by molar-refractivity contribution is 7.14. The van der Waals surface area contributed by atoms with Gasteiger partial charge in [-0.05, 0) is 24.3 Å². The fraction of sp³-hybridized carbons (Fsp3) is 0.538. The summed E-state index contributed by atoms with van der Waals surface area (Å²) in [6.45, 7) is 0.0598. The molecule has 0 spiro atoms. The van der Waals surface area contributed by atoms with Gasteiger partial charge >= 0.3 is 12.0 Å². The second-order valence-corrected chi connectivity index (χ2v) is 5.82. The second-order valence-electron chi connectivity index (χ2n) is 4.90. The number of rotatable bonds is 4. The summed E-state index contributed by atoms with van der Waals surface area (Å²) in [7, 11) is 0. The quantitative estimate of drug-likeness (QED) is 0.684. The molecule has 0 bridgehead atoms. The minimum absolute atomic E-state index is 0.0537. The lowest BCUT2D eigenvalue weighted by Gasteiger charge is -2.30. The molecule has 6 nitrogen and oxygen atoms in total. The molecule has 2 unspecified atom stereocenters. The summed E-state index contributed by atoms with van der Waals surface area (Å²) in [6, 6.07) is 0.988. The lowest BCUT2D eigenvalue weighted by Crippen LogP contribution is -2.45. The third-order valence-corrected chi connectivity index (χ3v) is 4.41. The average Bonchev–Trinajstić information content (AvgIpc) is 2.87. The van der Waals surface area contributed by atoms with E-state index in [2.05, 4.69) is 10.6 Å². The smallest absolute Gasteiger partial charge is 0.338 e. The molecule has 1 heterocycles. The van der Waals surface area contributed by atoms with Crippen LogP contribution in [0.5, 0.6) is 0 Å². The third kappa shape index (κ3) is 3.49. The molecule has 110 valence electrons. The maximum absolute atomic E-state index is 11.9. The molecular formula is C13H18N2O4S. The topological polar surface area (TPSA) is 98.7 Å². The van der Waals surface area contributed by atoms with Crippen molar-refractivity contribution >= 4 is 28.3 Å². The van der Waals surface area contributed by atoms with Crippen LogP contribution in [0.15, 0.2) is 11.4 Å². The summed E-state index contributed by atoms with van der Waals surface area (Å²) in [6.07, 6.45) is 3.84. The lowest BCUT2D eigenvalue weighted by atomic mass is 9.85. The van der Waals surface area contributed by atoms with E-state index in [4.69, 9.17) is 5.11 Å². The SMILES string of the molecule is O=C(Nc1sccc1C(=O)O)NC1CCCCC1CO. The van der Waals surface area contributed by atoms with E-state index in [1.165, 1.54) is 17.4 Å². The molecule has 0 saturated heterocycles. The Balaban J connectivity index is 1.94. The number of carboxylic acids is 1. The van der Waals surface area contributed by atoms with Crippen molar-refractivity contribution in [1.82, 2.24) is 5.32 Å². The van der Waals surface area contributed by atoms with Crippen LogP contribution in [0.25, 0.3) is 0 Å². The van der Waals surface area contributed by atoms with Crippen LogP contribution in [0.4, 0.5) is 9.80 Å². The number of thiophene rings is 1. The van der Waals surface area contributed by atoms with Crippen molar-refractivity contribution in [1.29, 1.82) is 0 Å².